The van der Waals surface area contributed by atoms with Gasteiger partial charge in [-0.3, -0.25) is 0 Å². The van der Waals surface area contributed by atoms with Crippen molar-refractivity contribution in [1.29, 1.82) is 0 Å². The van der Waals surface area contributed by atoms with E-state index in [0.29, 0.717) is 4.99 Å². The van der Waals surface area contributed by atoms with Crippen molar-refractivity contribution in [3.8, 4) is 0 Å². The van der Waals surface area contributed by atoms with E-state index >= 15 is 0 Å². The number of thiophene rings is 1. The van der Waals surface area contributed by atoms with Crippen molar-refractivity contribution in [1.82, 2.24) is 4.98 Å². The van der Waals surface area contributed by atoms with Gasteiger partial charge in [-0.15, -0.1) is 11.3 Å². The Balaban J connectivity index is 2.14. The molecule has 0 radical (unpaired) electrons. The fourth-order valence-corrected chi connectivity index (χ4v) is 2.65. The van der Waals surface area contributed by atoms with Crippen molar-refractivity contribution in [2.75, 3.05) is 5.32 Å². The van der Waals surface area contributed by atoms with Crippen LogP contribution in [0.15, 0.2) is 30.5 Å². The highest BCUT2D eigenvalue weighted by atomic mass is 32.1. The zero-order chi connectivity index (χ0) is 13.1. The van der Waals surface area contributed by atoms with Gasteiger partial charge in [-0.1, -0.05) is 12.2 Å². The van der Waals surface area contributed by atoms with E-state index < -0.39 is 0 Å². The Hall–Kier alpha value is -1.46. The number of aromatic nitrogens is 1. The molecular formula is C13H15N3S2. The van der Waals surface area contributed by atoms with Gasteiger partial charge in [0.2, 0.25) is 0 Å². The maximum atomic E-state index is 5.61. The molecule has 0 aliphatic rings. The number of nitrogens with zero attached hydrogens (tertiary/aromatic N) is 1. The minimum Gasteiger partial charge on any atom is -0.389 e. The number of pyridine rings is 1. The second-order valence-electron chi connectivity index (χ2n) is 4.11. The van der Waals surface area contributed by atoms with Crippen molar-refractivity contribution < 1.29 is 0 Å². The quantitative estimate of drug-likeness (QED) is 0.842. The normalized spacial score (nSPS) is 12.1. The lowest BCUT2D eigenvalue weighted by atomic mass is 10.2. The number of nitrogens with two attached hydrogens (primary N) is 1. The standard InChI is InChI=1S/C13H15N3S2/c1-8-3-4-11(18-8)9(2)16-12-7-10(13(14)17)5-6-15-12/h3-7,9H,1-2H3,(H2,14,17)(H,15,16). The summed E-state index contributed by atoms with van der Waals surface area (Å²) in [7, 11) is 0. The lowest BCUT2D eigenvalue weighted by molar-refractivity contribution is 0.896. The van der Waals surface area contributed by atoms with Gasteiger partial charge in [-0.05, 0) is 38.1 Å². The molecule has 0 saturated carbocycles. The molecule has 0 aliphatic carbocycles. The number of aryl methyl sites for hydroxylation is 1. The van der Waals surface area contributed by atoms with E-state index in [1.807, 2.05) is 12.1 Å². The van der Waals surface area contributed by atoms with E-state index in [1.54, 1.807) is 17.5 Å². The summed E-state index contributed by atoms with van der Waals surface area (Å²) in [6, 6.07) is 8.16. The Morgan fingerprint density at radius 3 is 2.83 bits per heavy atom. The average molecular weight is 277 g/mol. The fourth-order valence-electron chi connectivity index (χ4n) is 1.64. The molecule has 2 heterocycles. The summed E-state index contributed by atoms with van der Waals surface area (Å²) in [4.78, 5) is 7.26. The van der Waals surface area contributed by atoms with E-state index in [4.69, 9.17) is 18.0 Å². The Morgan fingerprint density at radius 1 is 1.44 bits per heavy atom. The molecule has 0 saturated heterocycles. The van der Waals surface area contributed by atoms with Crippen LogP contribution in [0.4, 0.5) is 5.82 Å². The summed E-state index contributed by atoms with van der Waals surface area (Å²) in [5.74, 6) is 0.791. The molecule has 2 rings (SSSR count). The monoisotopic (exact) mass is 277 g/mol. The lowest BCUT2D eigenvalue weighted by Gasteiger charge is -2.13. The van der Waals surface area contributed by atoms with Gasteiger partial charge in [0.15, 0.2) is 0 Å². The number of anilines is 1. The summed E-state index contributed by atoms with van der Waals surface area (Å²) in [5, 5.41) is 3.35. The Bertz CT molecular complexity index is 563. The molecule has 2 aromatic rings. The first-order valence-corrected chi connectivity index (χ1v) is 6.87. The van der Waals surface area contributed by atoms with Gasteiger partial charge in [0.1, 0.15) is 10.8 Å². The maximum absolute atomic E-state index is 5.61. The topological polar surface area (TPSA) is 50.9 Å². The third kappa shape index (κ3) is 3.05. The van der Waals surface area contributed by atoms with Gasteiger partial charge in [0.25, 0.3) is 0 Å². The van der Waals surface area contributed by atoms with Crippen LogP contribution in [0.25, 0.3) is 0 Å². The molecule has 1 unspecified atom stereocenters. The predicted octanol–water partition coefficient (Wildman–Crippen LogP) is 3.26. The molecule has 3 nitrogen and oxygen atoms in total. The van der Waals surface area contributed by atoms with Crippen LogP contribution in [0.1, 0.15) is 28.3 Å². The number of hydrogen-bond donors (Lipinski definition) is 2. The minimum atomic E-state index is 0.220. The van der Waals surface area contributed by atoms with Crippen LogP contribution in [-0.4, -0.2) is 9.97 Å². The Kier molecular flexibility index (Phi) is 3.93. The number of nitrogens with one attached hydrogen (secondary N) is 1. The highest BCUT2D eigenvalue weighted by Crippen LogP contribution is 2.25. The van der Waals surface area contributed by atoms with Gasteiger partial charge < -0.3 is 11.1 Å². The Labute approximate surface area is 116 Å². The van der Waals surface area contributed by atoms with E-state index in [9.17, 15) is 0 Å². The predicted molar refractivity (Wildman–Crippen MR) is 81.2 cm³/mol. The van der Waals surface area contributed by atoms with Crippen molar-refractivity contribution >= 4 is 34.4 Å². The zero-order valence-electron chi connectivity index (χ0n) is 10.3. The van der Waals surface area contributed by atoms with E-state index in [-0.39, 0.29) is 6.04 Å². The molecule has 2 aromatic heterocycles. The summed E-state index contributed by atoms with van der Waals surface area (Å²) in [6.07, 6.45) is 1.71. The highest BCUT2D eigenvalue weighted by molar-refractivity contribution is 7.80. The zero-order valence-corrected chi connectivity index (χ0v) is 11.9. The number of thiocarbonyl (C=S) groups is 1. The smallest absolute Gasteiger partial charge is 0.127 e. The van der Waals surface area contributed by atoms with Crippen LogP contribution < -0.4 is 11.1 Å². The molecule has 0 amide bonds. The molecule has 3 N–H and O–H groups in total. The molecule has 0 fully saturated rings. The number of rotatable bonds is 4. The third-order valence-electron chi connectivity index (χ3n) is 2.60. The summed E-state index contributed by atoms with van der Waals surface area (Å²) in [5.41, 5.74) is 6.44. The SMILES string of the molecule is Cc1ccc(C(C)Nc2cc(C(N)=S)ccn2)s1. The van der Waals surface area contributed by atoms with Crippen LogP contribution in [0, 0.1) is 6.92 Å². The van der Waals surface area contributed by atoms with Crippen molar-refractivity contribution in [2.24, 2.45) is 5.73 Å². The van der Waals surface area contributed by atoms with E-state index in [1.165, 1.54) is 9.75 Å². The molecule has 0 aromatic carbocycles. The molecule has 18 heavy (non-hydrogen) atoms. The summed E-state index contributed by atoms with van der Waals surface area (Å²) >= 11 is 6.74. The molecule has 1 atom stereocenters. The third-order valence-corrected chi connectivity index (χ3v) is 4.02. The molecule has 0 bridgehead atoms. The molecular weight excluding hydrogens is 262 g/mol. The molecule has 5 heteroatoms. The highest BCUT2D eigenvalue weighted by Gasteiger charge is 2.08. The van der Waals surface area contributed by atoms with Crippen LogP contribution >= 0.6 is 23.6 Å². The van der Waals surface area contributed by atoms with Crippen molar-refractivity contribution in [2.45, 2.75) is 19.9 Å². The molecule has 0 aliphatic heterocycles. The van der Waals surface area contributed by atoms with Crippen LogP contribution in [0.3, 0.4) is 0 Å². The van der Waals surface area contributed by atoms with E-state index in [2.05, 4.69) is 36.3 Å². The largest absolute Gasteiger partial charge is 0.389 e. The van der Waals surface area contributed by atoms with Gasteiger partial charge in [-0.25, -0.2) is 4.98 Å². The van der Waals surface area contributed by atoms with Crippen molar-refractivity contribution in [3.63, 3.8) is 0 Å². The first-order chi connectivity index (χ1) is 8.56. The Morgan fingerprint density at radius 2 is 2.22 bits per heavy atom. The lowest BCUT2D eigenvalue weighted by Crippen LogP contribution is -2.11. The summed E-state index contributed by atoms with van der Waals surface area (Å²) < 4.78 is 0. The fraction of sp³-hybridized carbons (Fsp3) is 0.231. The van der Waals surface area contributed by atoms with E-state index in [0.717, 1.165) is 11.4 Å². The van der Waals surface area contributed by atoms with Gasteiger partial charge >= 0.3 is 0 Å². The number of hydrogen-bond acceptors (Lipinski definition) is 4. The van der Waals surface area contributed by atoms with Gasteiger partial charge in [0.05, 0.1) is 6.04 Å². The maximum Gasteiger partial charge on any atom is 0.127 e. The molecule has 94 valence electrons. The second-order valence-corrected chi connectivity index (χ2v) is 5.87. The van der Waals surface area contributed by atoms with Gasteiger partial charge in [-0.2, -0.15) is 0 Å². The van der Waals surface area contributed by atoms with Crippen LogP contribution in [-0.2, 0) is 0 Å². The first kappa shape index (κ1) is 13.0. The van der Waals surface area contributed by atoms with Crippen molar-refractivity contribution in [3.05, 3.63) is 45.8 Å². The van der Waals surface area contributed by atoms with Crippen LogP contribution in [0.2, 0.25) is 0 Å². The van der Waals surface area contributed by atoms with Gasteiger partial charge in [0, 0.05) is 21.5 Å². The first-order valence-electron chi connectivity index (χ1n) is 5.65. The molecule has 0 spiro atoms. The minimum absolute atomic E-state index is 0.220. The average Bonchev–Trinajstić information content (AvgIpc) is 2.76. The second kappa shape index (κ2) is 5.46. The van der Waals surface area contributed by atoms with Crippen LogP contribution in [0.5, 0.6) is 0 Å². The summed E-state index contributed by atoms with van der Waals surface area (Å²) in [6.45, 7) is 4.22.